The molecule has 2 heterocycles. The van der Waals surface area contributed by atoms with E-state index in [0.717, 1.165) is 6.42 Å². The average molecular weight is 202 g/mol. The Labute approximate surface area is 84.5 Å². The molecule has 2 rings (SSSR count). The summed E-state index contributed by atoms with van der Waals surface area (Å²) in [5.41, 5.74) is 0. The van der Waals surface area contributed by atoms with Crippen LogP contribution in [0.25, 0.3) is 0 Å². The molecule has 2 aliphatic rings. The van der Waals surface area contributed by atoms with E-state index in [9.17, 15) is 0 Å². The van der Waals surface area contributed by atoms with Gasteiger partial charge in [0, 0.05) is 13.5 Å². The number of fused-ring (bicyclic) bond motifs is 1. The highest BCUT2D eigenvalue weighted by atomic mass is 16.8. The van der Waals surface area contributed by atoms with Crippen molar-refractivity contribution in [1.82, 2.24) is 0 Å². The quantitative estimate of drug-likeness (QED) is 0.676. The minimum atomic E-state index is -0.503. The molecule has 4 atom stereocenters. The van der Waals surface area contributed by atoms with Crippen LogP contribution in [-0.2, 0) is 18.9 Å². The number of hydrogen-bond acceptors (Lipinski definition) is 4. The topological polar surface area (TPSA) is 36.9 Å². The molecule has 0 spiro atoms. The Morgan fingerprint density at radius 1 is 1.36 bits per heavy atom. The van der Waals surface area contributed by atoms with Gasteiger partial charge in [-0.05, 0) is 20.8 Å². The molecule has 1 unspecified atom stereocenters. The first-order valence-corrected chi connectivity index (χ1v) is 5.06. The minimum absolute atomic E-state index is 0.0626. The number of rotatable bonds is 2. The fourth-order valence-corrected chi connectivity index (χ4v) is 1.99. The van der Waals surface area contributed by atoms with E-state index in [1.165, 1.54) is 0 Å². The molecule has 0 amide bonds. The first kappa shape index (κ1) is 10.4. The van der Waals surface area contributed by atoms with E-state index in [4.69, 9.17) is 18.9 Å². The maximum atomic E-state index is 5.70. The Bertz CT molecular complexity index is 200. The molecule has 0 saturated carbocycles. The lowest BCUT2D eigenvalue weighted by Crippen LogP contribution is -2.29. The normalized spacial score (nSPS) is 42.4. The molecule has 0 radical (unpaired) electrons. The van der Waals surface area contributed by atoms with Crippen molar-refractivity contribution in [2.45, 2.75) is 57.6 Å². The predicted molar refractivity (Wildman–Crippen MR) is 49.8 cm³/mol. The van der Waals surface area contributed by atoms with Gasteiger partial charge in [-0.3, -0.25) is 0 Å². The highest BCUT2D eigenvalue weighted by molar-refractivity contribution is 4.87. The largest absolute Gasteiger partial charge is 0.379 e. The van der Waals surface area contributed by atoms with Crippen molar-refractivity contribution in [1.29, 1.82) is 0 Å². The van der Waals surface area contributed by atoms with Gasteiger partial charge in [0.2, 0.25) is 0 Å². The van der Waals surface area contributed by atoms with Gasteiger partial charge in [0.1, 0.15) is 6.10 Å². The lowest BCUT2D eigenvalue weighted by Gasteiger charge is -2.22. The van der Waals surface area contributed by atoms with Crippen LogP contribution in [0.5, 0.6) is 0 Å². The molecule has 4 nitrogen and oxygen atoms in total. The third-order valence-electron chi connectivity index (χ3n) is 2.81. The van der Waals surface area contributed by atoms with Crippen LogP contribution in [-0.4, -0.2) is 37.5 Å². The zero-order chi connectivity index (χ0) is 10.3. The van der Waals surface area contributed by atoms with E-state index in [1.807, 2.05) is 20.8 Å². The molecule has 82 valence electrons. The van der Waals surface area contributed by atoms with E-state index in [0.29, 0.717) is 0 Å². The lowest BCUT2D eigenvalue weighted by atomic mass is 10.1. The second kappa shape index (κ2) is 3.45. The van der Waals surface area contributed by atoms with Crippen LogP contribution in [0.2, 0.25) is 0 Å². The maximum absolute atomic E-state index is 5.70. The highest BCUT2D eigenvalue weighted by Gasteiger charge is 2.49. The van der Waals surface area contributed by atoms with Crippen LogP contribution < -0.4 is 0 Å². The first-order chi connectivity index (χ1) is 6.52. The summed E-state index contributed by atoms with van der Waals surface area (Å²) in [6.07, 6.45) is 0.880. The molecule has 0 aliphatic carbocycles. The molecule has 14 heavy (non-hydrogen) atoms. The molecule has 2 aliphatic heterocycles. The van der Waals surface area contributed by atoms with Crippen LogP contribution in [0.15, 0.2) is 0 Å². The molecule has 0 aromatic carbocycles. The van der Waals surface area contributed by atoms with Crippen LogP contribution >= 0.6 is 0 Å². The molecule has 0 N–H and O–H groups in total. The van der Waals surface area contributed by atoms with Gasteiger partial charge < -0.3 is 18.9 Å². The van der Waals surface area contributed by atoms with Crippen LogP contribution in [0.1, 0.15) is 27.2 Å². The van der Waals surface area contributed by atoms with Gasteiger partial charge in [0.05, 0.1) is 12.2 Å². The minimum Gasteiger partial charge on any atom is -0.379 e. The lowest BCUT2D eigenvalue weighted by molar-refractivity contribution is -0.214. The van der Waals surface area contributed by atoms with Crippen molar-refractivity contribution in [2.75, 3.05) is 7.11 Å². The molecule has 4 heteroatoms. The van der Waals surface area contributed by atoms with E-state index >= 15 is 0 Å². The summed E-state index contributed by atoms with van der Waals surface area (Å²) in [5.74, 6) is -0.503. The molecule has 2 fully saturated rings. The second-order valence-electron chi connectivity index (χ2n) is 4.39. The number of ether oxygens (including phenoxy) is 4. The van der Waals surface area contributed by atoms with Crippen molar-refractivity contribution in [2.24, 2.45) is 0 Å². The molecule has 0 bridgehead atoms. The van der Waals surface area contributed by atoms with Crippen LogP contribution in [0.4, 0.5) is 0 Å². The van der Waals surface area contributed by atoms with Gasteiger partial charge in [0.15, 0.2) is 12.1 Å². The second-order valence-corrected chi connectivity index (χ2v) is 4.39. The Kier molecular flexibility index (Phi) is 2.55. The van der Waals surface area contributed by atoms with Crippen molar-refractivity contribution < 1.29 is 18.9 Å². The van der Waals surface area contributed by atoms with E-state index < -0.39 is 5.79 Å². The maximum Gasteiger partial charge on any atom is 0.187 e. The zero-order valence-electron chi connectivity index (χ0n) is 9.15. The fourth-order valence-electron chi connectivity index (χ4n) is 1.99. The SMILES string of the molecule is COC(C)[C@@H]1C[C@H]2OC(C)(C)O[C@H]2O1. The molecular weight excluding hydrogens is 184 g/mol. The third kappa shape index (κ3) is 1.80. The zero-order valence-corrected chi connectivity index (χ0v) is 9.15. The van der Waals surface area contributed by atoms with Gasteiger partial charge >= 0.3 is 0 Å². The molecule has 0 aromatic rings. The summed E-state index contributed by atoms with van der Waals surface area (Å²) in [6.45, 7) is 5.81. The first-order valence-electron chi connectivity index (χ1n) is 5.06. The predicted octanol–water partition coefficient (Wildman–Crippen LogP) is 1.29. The van der Waals surface area contributed by atoms with Crippen molar-refractivity contribution in [3.63, 3.8) is 0 Å². The summed E-state index contributed by atoms with van der Waals surface area (Å²) < 4.78 is 22.2. The summed E-state index contributed by atoms with van der Waals surface area (Å²) in [4.78, 5) is 0. The van der Waals surface area contributed by atoms with Gasteiger partial charge in [-0.25, -0.2) is 0 Å². The Morgan fingerprint density at radius 3 is 2.64 bits per heavy atom. The molecule has 2 saturated heterocycles. The van der Waals surface area contributed by atoms with E-state index in [1.54, 1.807) is 7.11 Å². The van der Waals surface area contributed by atoms with Crippen molar-refractivity contribution in [3.05, 3.63) is 0 Å². The summed E-state index contributed by atoms with van der Waals surface area (Å²) >= 11 is 0. The standard InChI is InChI=1S/C10H18O4/c1-6(11-4)7-5-8-9(12-7)14-10(2,3)13-8/h6-9H,5H2,1-4H3/t6?,7-,8+,9+/m0/s1. The molecule has 0 aromatic heterocycles. The van der Waals surface area contributed by atoms with Gasteiger partial charge in [-0.1, -0.05) is 0 Å². The van der Waals surface area contributed by atoms with E-state index in [-0.39, 0.29) is 24.6 Å². The Hall–Kier alpha value is -0.160. The van der Waals surface area contributed by atoms with E-state index in [2.05, 4.69) is 0 Å². The fraction of sp³-hybridized carbons (Fsp3) is 1.00. The van der Waals surface area contributed by atoms with Gasteiger partial charge in [-0.15, -0.1) is 0 Å². The monoisotopic (exact) mass is 202 g/mol. The van der Waals surface area contributed by atoms with Gasteiger partial charge in [0.25, 0.3) is 0 Å². The van der Waals surface area contributed by atoms with Crippen molar-refractivity contribution >= 4 is 0 Å². The van der Waals surface area contributed by atoms with Crippen LogP contribution in [0, 0.1) is 0 Å². The average Bonchev–Trinajstić information content (AvgIpc) is 2.56. The van der Waals surface area contributed by atoms with Gasteiger partial charge in [-0.2, -0.15) is 0 Å². The third-order valence-corrected chi connectivity index (χ3v) is 2.81. The Morgan fingerprint density at radius 2 is 2.07 bits per heavy atom. The molecular formula is C10H18O4. The summed E-state index contributed by atoms with van der Waals surface area (Å²) in [7, 11) is 1.69. The smallest absolute Gasteiger partial charge is 0.187 e. The number of hydrogen-bond donors (Lipinski definition) is 0. The summed E-state index contributed by atoms with van der Waals surface area (Å²) in [5, 5.41) is 0. The summed E-state index contributed by atoms with van der Waals surface area (Å²) in [6, 6.07) is 0. The number of methoxy groups -OCH3 is 1. The van der Waals surface area contributed by atoms with Crippen LogP contribution in [0.3, 0.4) is 0 Å². The van der Waals surface area contributed by atoms with Crippen molar-refractivity contribution in [3.8, 4) is 0 Å². The highest BCUT2D eigenvalue weighted by Crippen LogP contribution is 2.38. The Balaban J connectivity index is 1.93.